The van der Waals surface area contributed by atoms with Crippen LogP contribution in [-0.2, 0) is 14.8 Å². The summed E-state index contributed by atoms with van der Waals surface area (Å²) in [5.41, 5.74) is 2.62. The van der Waals surface area contributed by atoms with Crippen molar-refractivity contribution in [2.24, 2.45) is 5.92 Å². The van der Waals surface area contributed by atoms with E-state index in [2.05, 4.69) is 10.3 Å². The van der Waals surface area contributed by atoms with E-state index in [9.17, 15) is 13.2 Å². The van der Waals surface area contributed by atoms with Gasteiger partial charge in [0.15, 0.2) is 0 Å². The Hall–Kier alpha value is -2.25. The van der Waals surface area contributed by atoms with E-state index in [0.29, 0.717) is 36.6 Å². The number of rotatable bonds is 4. The van der Waals surface area contributed by atoms with E-state index in [0.717, 1.165) is 16.8 Å². The van der Waals surface area contributed by atoms with Gasteiger partial charge < -0.3 is 5.32 Å². The molecule has 1 amide bonds. The summed E-state index contributed by atoms with van der Waals surface area (Å²) >= 11 is 0. The van der Waals surface area contributed by atoms with E-state index in [1.165, 1.54) is 4.31 Å². The number of sulfonamides is 1. The second-order valence-corrected chi connectivity index (χ2v) is 9.01. The number of hydrogen-bond acceptors (Lipinski definition) is 4. The van der Waals surface area contributed by atoms with Gasteiger partial charge in [-0.05, 0) is 57.4 Å². The van der Waals surface area contributed by atoms with E-state index < -0.39 is 10.0 Å². The summed E-state index contributed by atoms with van der Waals surface area (Å²) in [6.07, 6.45) is 1.00. The van der Waals surface area contributed by atoms with Crippen molar-refractivity contribution in [2.75, 3.05) is 18.4 Å². The van der Waals surface area contributed by atoms with Gasteiger partial charge in [0.25, 0.3) is 0 Å². The molecule has 1 fully saturated rings. The van der Waals surface area contributed by atoms with E-state index in [-0.39, 0.29) is 11.8 Å². The molecule has 0 atom stereocenters. The van der Waals surface area contributed by atoms with Gasteiger partial charge in [-0.1, -0.05) is 23.8 Å². The van der Waals surface area contributed by atoms with Crippen molar-refractivity contribution in [3.63, 3.8) is 0 Å². The number of carbonyl (C=O) groups excluding carboxylic acids is 1. The van der Waals surface area contributed by atoms with Gasteiger partial charge in [0, 0.05) is 24.7 Å². The molecule has 3 rings (SSSR count). The number of aromatic nitrogens is 1. The number of nitrogens with one attached hydrogen (secondary N) is 1. The number of hydrogen-bond donors (Lipinski definition) is 1. The maximum Gasteiger partial charge on any atom is 0.243 e. The first-order valence-electron chi connectivity index (χ1n) is 9.09. The second-order valence-electron chi connectivity index (χ2n) is 7.10. The normalized spacial score (nSPS) is 16.3. The highest BCUT2D eigenvalue weighted by atomic mass is 32.2. The van der Waals surface area contributed by atoms with Crippen LogP contribution in [0.4, 0.5) is 5.82 Å². The summed E-state index contributed by atoms with van der Waals surface area (Å²) in [5, 5.41) is 2.84. The van der Waals surface area contributed by atoms with Crippen LogP contribution in [0.2, 0.25) is 0 Å². The molecule has 7 heteroatoms. The number of pyridine rings is 1. The minimum absolute atomic E-state index is 0.100. The molecular formula is C20H25N3O3S. The Balaban J connectivity index is 1.65. The molecule has 0 bridgehead atoms. The van der Waals surface area contributed by atoms with Crippen LogP contribution in [0, 0.1) is 26.7 Å². The van der Waals surface area contributed by atoms with E-state index in [1.807, 2.05) is 45.0 Å². The van der Waals surface area contributed by atoms with Gasteiger partial charge in [-0.3, -0.25) is 4.79 Å². The third kappa shape index (κ3) is 4.36. The Bertz CT molecular complexity index is 949. The Morgan fingerprint density at radius 3 is 2.44 bits per heavy atom. The lowest BCUT2D eigenvalue weighted by Gasteiger charge is -2.31. The summed E-state index contributed by atoms with van der Waals surface area (Å²) in [7, 11) is -3.53. The quantitative estimate of drug-likeness (QED) is 0.874. The summed E-state index contributed by atoms with van der Waals surface area (Å²) in [5.74, 6) is 0.222. The fourth-order valence-electron chi connectivity index (χ4n) is 3.43. The third-order valence-corrected chi connectivity index (χ3v) is 6.97. The smallest absolute Gasteiger partial charge is 0.243 e. The molecule has 1 N–H and O–H groups in total. The van der Waals surface area contributed by atoms with E-state index in [1.54, 1.807) is 12.1 Å². The first-order chi connectivity index (χ1) is 12.8. The largest absolute Gasteiger partial charge is 0.310 e. The maximum absolute atomic E-state index is 12.9. The molecule has 0 saturated carbocycles. The zero-order valence-corrected chi connectivity index (χ0v) is 16.7. The van der Waals surface area contributed by atoms with Gasteiger partial charge in [-0.2, -0.15) is 4.31 Å². The van der Waals surface area contributed by atoms with Gasteiger partial charge in [-0.25, -0.2) is 13.4 Å². The number of benzene rings is 1. The number of anilines is 1. The molecule has 1 aliphatic heterocycles. The molecule has 2 aromatic rings. The SMILES string of the molecule is Cc1ccc(S(=O)(=O)N2CCC(C(=O)Nc3cccc(C)n3)CC2)c(C)c1. The molecule has 0 spiro atoms. The number of nitrogens with zero attached hydrogens (tertiary/aromatic N) is 2. The molecule has 27 heavy (non-hydrogen) atoms. The Kier molecular flexibility index (Phi) is 5.62. The molecule has 1 aliphatic rings. The van der Waals surface area contributed by atoms with Crippen molar-refractivity contribution in [3.05, 3.63) is 53.2 Å². The van der Waals surface area contributed by atoms with Crippen LogP contribution >= 0.6 is 0 Å². The zero-order chi connectivity index (χ0) is 19.6. The first-order valence-corrected chi connectivity index (χ1v) is 10.5. The minimum atomic E-state index is -3.53. The average molecular weight is 388 g/mol. The van der Waals surface area contributed by atoms with E-state index in [4.69, 9.17) is 0 Å². The molecule has 6 nitrogen and oxygen atoms in total. The van der Waals surface area contributed by atoms with E-state index >= 15 is 0 Å². The maximum atomic E-state index is 12.9. The van der Waals surface area contributed by atoms with Crippen molar-refractivity contribution in [1.82, 2.24) is 9.29 Å². The molecule has 0 unspecified atom stereocenters. The van der Waals surface area contributed by atoms with Crippen molar-refractivity contribution in [1.29, 1.82) is 0 Å². The van der Waals surface area contributed by atoms with Crippen LogP contribution in [0.15, 0.2) is 41.3 Å². The number of carbonyl (C=O) groups is 1. The predicted molar refractivity (Wildman–Crippen MR) is 105 cm³/mol. The molecule has 2 heterocycles. The molecular weight excluding hydrogens is 362 g/mol. The fraction of sp³-hybridized carbons (Fsp3) is 0.400. The van der Waals surface area contributed by atoms with Crippen LogP contribution in [0.3, 0.4) is 0 Å². The highest BCUT2D eigenvalue weighted by molar-refractivity contribution is 7.89. The minimum Gasteiger partial charge on any atom is -0.310 e. The predicted octanol–water partition coefficient (Wildman–Crippen LogP) is 3.05. The summed E-state index contributed by atoms with van der Waals surface area (Å²) in [6, 6.07) is 10.8. The van der Waals surface area contributed by atoms with Crippen molar-refractivity contribution in [2.45, 2.75) is 38.5 Å². The third-order valence-electron chi connectivity index (χ3n) is 4.91. The highest BCUT2D eigenvalue weighted by Crippen LogP contribution is 2.26. The van der Waals surface area contributed by atoms with Crippen LogP contribution in [0.5, 0.6) is 0 Å². The lowest BCUT2D eigenvalue weighted by Crippen LogP contribution is -2.41. The first kappa shape index (κ1) is 19.5. The van der Waals surface area contributed by atoms with Crippen molar-refractivity contribution >= 4 is 21.7 Å². The topological polar surface area (TPSA) is 79.4 Å². The van der Waals surface area contributed by atoms with Crippen LogP contribution < -0.4 is 5.32 Å². The number of amides is 1. The molecule has 1 aromatic heterocycles. The monoisotopic (exact) mass is 387 g/mol. The molecule has 1 saturated heterocycles. The lowest BCUT2D eigenvalue weighted by molar-refractivity contribution is -0.120. The Morgan fingerprint density at radius 2 is 1.81 bits per heavy atom. The van der Waals surface area contributed by atoms with Crippen molar-refractivity contribution in [3.8, 4) is 0 Å². The van der Waals surface area contributed by atoms with Crippen LogP contribution in [0.1, 0.15) is 29.7 Å². The average Bonchev–Trinajstić information content (AvgIpc) is 2.61. The molecule has 144 valence electrons. The lowest BCUT2D eigenvalue weighted by atomic mass is 9.97. The highest BCUT2D eigenvalue weighted by Gasteiger charge is 2.32. The van der Waals surface area contributed by atoms with Gasteiger partial charge in [0.05, 0.1) is 4.90 Å². The summed E-state index contributed by atoms with van der Waals surface area (Å²) in [4.78, 5) is 17.1. The molecule has 0 radical (unpaired) electrons. The number of piperidine rings is 1. The van der Waals surface area contributed by atoms with Gasteiger partial charge >= 0.3 is 0 Å². The summed E-state index contributed by atoms with van der Waals surface area (Å²) in [6.45, 7) is 6.31. The molecule has 0 aliphatic carbocycles. The van der Waals surface area contributed by atoms with Gasteiger partial charge in [-0.15, -0.1) is 0 Å². The molecule has 1 aromatic carbocycles. The second kappa shape index (κ2) is 7.78. The zero-order valence-electron chi connectivity index (χ0n) is 15.9. The fourth-order valence-corrected chi connectivity index (χ4v) is 5.10. The summed E-state index contributed by atoms with van der Waals surface area (Å²) < 4.78 is 27.4. The van der Waals surface area contributed by atoms with Gasteiger partial charge in [0.1, 0.15) is 5.82 Å². The Labute approximate surface area is 160 Å². The van der Waals surface area contributed by atoms with Crippen LogP contribution in [-0.4, -0.2) is 36.7 Å². The number of aryl methyl sites for hydroxylation is 3. The Morgan fingerprint density at radius 1 is 1.11 bits per heavy atom. The van der Waals surface area contributed by atoms with Crippen LogP contribution in [0.25, 0.3) is 0 Å². The van der Waals surface area contributed by atoms with Crippen molar-refractivity contribution < 1.29 is 13.2 Å². The van der Waals surface area contributed by atoms with Gasteiger partial charge in [0.2, 0.25) is 15.9 Å². The standard InChI is InChI=1S/C20H25N3O3S/c1-14-7-8-18(15(2)13-14)27(25,26)23-11-9-17(10-12-23)20(24)22-19-6-4-5-16(3)21-19/h4-8,13,17H,9-12H2,1-3H3,(H,21,22,24).